The highest BCUT2D eigenvalue weighted by atomic mass is 16.5. The van der Waals surface area contributed by atoms with Crippen LogP contribution in [0.3, 0.4) is 0 Å². The number of hydrogen-bond acceptors (Lipinski definition) is 3. The van der Waals surface area contributed by atoms with Gasteiger partial charge in [0.2, 0.25) is 0 Å². The number of nitrogens with zero attached hydrogens (tertiary/aromatic N) is 2. The van der Waals surface area contributed by atoms with Crippen LogP contribution in [-0.2, 0) is 11.3 Å². The summed E-state index contributed by atoms with van der Waals surface area (Å²) >= 11 is 0. The second kappa shape index (κ2) is 6.38. The number of ether oxygens (including phenoxy) is 1. The quantitative estimate of drug-likeness (QED) is 0.866. The van der Waals surface area contributed by atoms with E-state index >= 15 is 0 Å². The molecule has 19 heavy (non-hydrogen) atoms. The van der Waals surface area contributed by atoms with E-state index in [9.17, 15) is 0 Å². The van der Waals surface area contributed by atoms with Crippen LogP contribution in [0.4, 0.5) is 5.69 Å². The summed E-state index contributed by atoms with van der Waals surface area (Å²) in [7, 11) is 1.70. The number of rotatable bonds is 6. The van der Waals surface area contributed by atoms with Crippen LogP contribution in [0.1, 0.15) is 24.1 Å². The Morgan fingerprint density at radius 1 is 1.42 bits per heavy atom. The fraction of sp³-hybridized carbons (Fsp3) is 0.400. The summed E-state index contributed by atoms with van der Waals surface area (Å²) in [6.45, 7) is 5.71. The maximum atomic E-state index is 5.04. The van der Waals surface area contributed by atoms with E-state index in [4.69, 9.17) is 4.74 Å². The molecule has 0 amide bonds. The minimum Gasteiger partial charge on any atom is -0.383 e. The first-order valence-corrected chi connectivity index (χ1v) is 6.53. The molecule has 1 aromatic heterocycles. The minimum absolute atomic E-state index is 0.264. The van der Waals surface area contributed by atoms with E-state index in [0.717, 1.165) is 12.2 Å². The van der Waals surface area contributed by atoms with Gasteiger partial charge in [0.25, 0.3) is 0 Å². The van der Waals surface area contributed by atoms with Crippen molar-refractivity contribution in [3.8, 4) is 0 Å². The minimum atomic E-state index is 0.264. The number of methoxy groups -OCH3 is 1. The molecule has 0 aliphatic rings. The molecule has 102 valence electrons. The molecule has 0 spiro atoms. The number of hydrogen-bond donors (Lipinski definition) is 1. The van der Waals surface area contributed by atoms with Crippen molar-refractivity contribution in [2.45, 2.75) is 26.4 Å². The van der Waals surface area contributed by atoms with Crippen molar-refractivity contribution >= 4 is 5.69 Å². The van der Waals surface area contributed by atoms with Crippen LogP contribution >= 0.6 is 0 Å². The number of aryl methyl sites for hydroxylation is 1. The lowest BCUT2D eigenvalue weighted by atomic mass is 10.1. The Bertz CT molecular complexity index is 522. The molecule has 0 bridgehead atoms. The molecule has 0 aliphatic carbocycles. The molecule has 4 nitrogen and oxygen atoms in total. The predicted octanol–water partition coefficient (Wildman–Crippen LogP) is 3.01. The van der Waals surface area contributed by atoms with Gasteiger partial charge in [-0.25, -0.2) is 0 Å². The molecule has 2 rings (SSSR count). The smallest absolute Gasteiger partial charge is 0.0731 e. The average Bonchev–Trinajstić information content (AvgIpc) is 2.84. The third-order valence-corrected chi connectivity index (χ3v) is 3.08. The molecular formula is C15H21N3O. The maximum Gasteiger partial charge on any atom is 0.0731 e. The standard InChI is InChI=1S/C15H21N3O/c1-12-5-4-6-14(9-12)13(2)17-15-10-16-18(11-15)7-8-19-3/h4-6,9-11,13,17H,7-8H2,1-3H3. The maximum absolute atomic E-state index is 5.04. The molecule has 0 fully saturated rings. The zero-order chi connectivity index (χ0) is 13.7. The highest BCUT2D eigenvalue weighted by molar-refractivity contribution is 5.41. The first-order chi connectivity index (χ1) is 9.19. The molecule has 1 heterocycles. The van der Waals surface area contributed by atoms with Gasteiger partial charge < -0.3 is 10.1 Å². The van der Waals surface area contributed by atoms with Crippen molar-refractivity contribution in [1.82, 2.24) is 9.78 Å². The lowest BCUT2D eigenvalue weighted by molar-refractivity contribution is 0.183. The van der Waals surface area contributed by atoms with E-state index in [1.807, 2.05) is 17.1 Å². The summed E-state index contributed by atoms with van der Waals surface area (Å²) in [6, 6.07) is 8.80. The fourth-order valence-electron chi connectivity index (χ4n) is 2.02. The highest BCUT2D eigenvalue weighted by Gasteiger charge is 2.06. The van der Waals surface area contributed by atoms with Gasteiger partial charge in [-0.1, -0.05) is 29.8 Å². The van der Waals surface area contributed by atoms with Gasteiger partial charge in [0.1, 0.15) is 0 Å². The summed E-state index contributed by atoms with van der Waals surface area (Å²) in [5.41, 5.74) is 3.59. The number of aromatic nitrogens is 2. The van der Waals surface area contributed by atoms with E-state index in [2.05, 4.69) is 48.5 Å². The van der Waals surface area contributed by atoms with Gasteiger partial charge in [-0.15, -0.1) is 0 Å². The van der Waals surface area contributed by atoms with Crippen molar-refractivity contribution in [3.05, 3.63) is 47.8 Å². The van der Waals surface area contributed by atoms with Gasteiger partial charge in [-0.2, -0.15) is 5.10 Å². The number of nitrogens with one attached hydrogen (secondary N) is 1. The molecule has 1 N–H and O–H groups in total. The van der Waals surface area contributed by atoms with Crippen LogP contribution in [0.15, 0.2) is 36.7 Å². The number of anilines is 1. The van der Waals surface area contributed by atoms with Crippen LogP contribution in [0.2, 0.25) is 0 Å². The second-order valence-corrected chi connectivity index (χ2v) is 4.77. The fourth-order valence-corrected chi connectivity index (χ4v) is 2.02. The summed E-state index contributed by atoms with van der Waals surface area (Å²) in [5.74, 6) is 0. The molecule has 0 saturated heterocycles. The monoisotopic (exact) mass is 259 g/mol. The molecule has 1 atom stereocenters. The van der Waals surface area contributed by atoms with Crippen LogP contribution in [0.25, 0.3) is 0 Å². The van der Waals surface area contributed by atoms with Gasteiger partial charge in [-0.3, -0.25) is 4.68 Å². The molecule has 0 aliphatic heterocycles. The average molecular weight is 259 g/mol. The molecule has 1 unspecified atom stereocenters. The SMILES string of the molecule is COCCn1cc(NC(C)c2cccc(C)c2)cn1. The van der Waals surface area contributed by atoms with Gasteiger partial charge in [-0.05, 0) is 19.4 Å². The first-order valence-electron chi connectivity index (χ1n) is 6.53. The molecule has 1 aromatic carbocycles. The summed E-state index contributed by atoms with van der Waals surface area (Å²) in [5, 5.41) is 7.75. The lowest BCUT2D eigenvalue weighted by Crippen LogP contribution is -2.06. The van der Waals surface area contributed by atoms with Crippen molar-refractivity contribution < 1.29 is 4.74 Å². The predicted molar refractivity (Wildman–Crippen MR) is 77.3 cm³/mol. The van der Waals surface area contributed by atoms with Crippen molar-refractivity contribution in [3.63, 3.8) is 0 Å². The Labute approximate surface area is 114 Å². The van der Waals surface area contributed by atoms with Gasteiger partial charge >= 0.3 is 0 Å². The third-order valence-electron chi connectivity index (χ3n) is 3.08. The van der Waals surface area contributed by atoms with Gasteiger partial charge in [0.05, 0.1) is 25.0 Å². The zero-order valence-electron chi connectivity index (χ0n) is 11.8. The van der Waals surface area contributed by atoms with Gasteiger partial charge in [0.15, 0.2) is 0 Å². The van der Waals surface area contributed by atoms with E-state index in [-0.39, 0.29) is 6.04 Å². The summed E-state index contributed by atoms with van der Waals surface area (Å²) in [4.78, 5) is 0. The van der Waals surface area contributed by atoms with E-state index in [0.29, 0.717) is 6.61 Å². The van der Waals surface area contributed by atoms with Crippen LogP contribution in [0.5, 0.6) is 0 Å². The molecule has 0 saturated carbocycles. The normalized spacial score (nSPS) is 12.4. The zero-order valence-corrected chi connectivity index (χ0v) is 11.8. The molecule has 0 radical (unpaired) electrons. The molecule has 2 aromatic rings. The van der Waals surface area contributed by atoms with Crippen LogP contribution < -0.4 is 5.32 Å². The van der Waals surface area contributed by atoms with Crippen LogP contribution in [-0.4, -0.2) is 23.5 Å². The first kappa shape index (κ1) is 13.6. The Balaban J connectivity index is 1.98. The van der Waals surface area contributed by atoms with Crippen molar-refractivity contribution in [2.75, 3.05) is 19.0 Å². The van der Waals surface area contributed by atoms with E-state index in [1.54, 1.807) is 7.11 Å². The number of benzene rings is 1. The highest BCUT2D eigenvalue weighted by Crippen LogP contribution is 2.19. The van der Waals surface area contributed by atoms with Crippen molar-refractivity contribution in [1.29, 1.82) is 0 Å². The Morgan fingerprint density at radius 2 is 2.26 bits per heavy atom. The molecular weight excluding hydrogens is 238 g/mol. The Morgan fingerprint density at radius 3 is 3.00 bits per heavy atom. The Hall–Kier alpha value is -1.81. The summed E-state index contributed by atoms with van der Waals surface area (Å²) in [6.07, 6.45) is 3.85. The topological polar surface area (TPSA) is 39.1 Å². The largest absolute Gasteiger partial charge is 0.383 e. The lowest BCUT2D eigenvalue weighted by Gasteiger charge is -2.14. The second-order valence-electron chi connectivity index (χ2n) is 4.77. The Kier molecular flexibility index (Phi) is 4.58. The third kappa shape index (κ3) is 3.83. The van der Waals surface area contributed by atoms with E-state index in [1.165, 1.54) is 11.1 Å². The molecule has 4 heteroatoms. The van der Waals surface area contributed by atoms with Gasteiger partial charge in [0, 0.05) is 19.3 Å². The van der Waals surface area contributed by atoms with Crippen LogP contribution in [0, 0.1) is 6.92 Å². The van der Waals surface area contributed by atoms with E-state index < -0.39 is 0 Å². The summed E-state index contributed by atoms with van der Waals surface area (Å²) < 4.78 is 6.92. The van der Waals surface area contributed by atoms with Crippen molar-refractivity contribution in [2.24, 2.45) is 0 Å².